The average molecular weight is 462 g/mol. The molecule has 8 nitrogen and oxygen atoms in total. The van der Waals surface area contributed by atoms with Crippen LogP contribution in [0.15, 0.2) is 76.1 Å². The van der Waals surface area contributed by atoms with E-state index in [1.807, 2.05) is 0 Å². The maximum absolute atomic E-state index is 13.5. The molecular formula is C24H16ClN3O5. The molecule has 0 spiro atoms. The van der Waals surface area contributed by atoms with E-state index in [9.17, 15) is 14.4 Å². The highest BCUT2D eigenvalue weighted by atomic mass is 35.5. The first-order valence-electron chi connectivity index (χ1n) is 9.96. The number of halogens is 1. The van der Waals surface area contributed by atoms with Crippen molar-refractivity contribution >= 4 is 40.2 Å². The van der Waals surface area contributed by atoms with Crippen molar-refractivity contribution in [3.8, 4) is 5.75 Å². The molecule has 164 valence electrons. The fraction of sp³-hybridized carbons (Fsp3) is 0.0833. The van der Waals surface area contributed by atoms with Gasteiger partial charge >= 0.3 is 0 Å². The second kappa shape index (κ2) is 8.07. The third kappa shape index (κ3) is 3.60. The van der Waals surface area contributed by atoms with Gasteiger partial charge in [-0.1, -0.05) is 35.9 Å². The van der Waals surface area contributed by atoms with Crippen molar-refractivity contribution in [3.63, 3.8) is 0 Å². The predicted octanol–water partition coefficient (Wildman–Crippen LogP) is 3.46. The smallest absolute Gasteiger partial charge is 0.296 e. The van der Waals surface area contributed by atoms with Crippen LogP contribution in [0.1, 0.15) is 27.7 Å². The molecular weight excluding hydrogens is 446 g/mol. The van der Waals surface area contributed by atoms with Crippen LogP contribution < -0.4 is 20.8 Å². The molecule has 2 amide bonds. The monoisotopic (exact) mass is 461 g/mol. The molecule has 0 saturated carbocycles. The zero-order valence-electron chi connectivity index (χ0n) is 17.0. The minimum atomic E-state index is -0.785. The highest BCUT2D eigenvalue weighted by molar-refractivity contribution is 6.30. The molecule has 1 atom stereocenters. The lowest BCUT2D eigenvalue weighted by Crippen LogP contribution is -2.30. The summed E-state index contributed by atoms with van der Waals surface area (Å²) < 4.78 is 11.2. The van der Waals surface area contributed by atoms with Crippen LogP contribution in [-0.4, -0.2) is 23.4 Å². The highest BCUT2D eigenvalue weighted by Gasteiger charge is 2.44. The number of carbonyl (C=O) groups excluding carboxylic acids is 2. The molecule has 0 aliphatic carbocycles. The summed E-state index contributed by atoms with van der Waals surface area (Å²) in [6, 6.07) is 15.9. The van der Waals surface area contributed by atoms with Crippen molar-refractivity contribution in [2.75, 3.05) is 11.5 Å². The van der Waals surface area contributed by atoms with Crippen LogP contribution in [0.3, 0.4) is 0 Å². The third-order valence-electron chi connectivity index (χ3n) is 5.31. The standard InChI is InChI=1S/C24H16ClN3O5/c25-14-7-10-19(27-11-14)28-21(13-5-8-15(9-6-13)32-12-18(26)29)20-22(30)16-3-1-2-4-17(16)33-23(20)24(28)31/h1-11,21H,12H2,(H2,26,29). The minimum Gasteiger partial charge on any atom is -0.484 e. The van der Waals surface area contributed by atoms with Gasteiger partial charge in [-0.15, -0.1) is 0 Å². The topological polar surface area (TPSA) is 116 Å². The Hall–Kier alpha value is -4.17. The first-order valence-corrected chi connectivity index (χ1v) is 10.3. The fourth-order valence-corrected chi connectivity index (χ4v) is 3.99. The molecule has 0 fully saturated rings. The molecule has 5 rings (SSSR count). The number of nitrogens with zero attached hydrogens (tertiary/aromatic N) is 2. The molecule has 3 heterocycles. The molecule has 33 heavy (non-hydrogen) atoms. The molecule has 1 aliphatic rings. The molecule has 2 aromatic heterocycles. The molecule has 1 aliphatic heterocycles. The SMILES string of the molecule is NC(=O)COc1ccc(C2c3c(oc4ccccc4c3=O)C(=O)N2c2ccc(Cl)cn2)cc1. The van der Waals surface area contributed by atoms with Crippen molar-refractivity contribution < 1.29 is 18.7 Å². The van der Waals surface area contributed by atoms with Crippen molar-refractivity contribution in [2.45, 2.75) is 6.04 Å². The van der Waals surface area contributed by atoms with Gasteiger partial charge in [0.05, 0.1) is 22.0 Å². The summed E-state index contributed by atoms with van der Waals surface area (Å²) in [7, 11) is 0. The van der Waals surface area contributed by atoms with Crippen LogP contribution in [-0.2, 0) is 4.79 Å². The maximum atomic E-state index is 13.5. The molecule has 2 aromatic carbocycles. The average Bonchev–Trinajstić information content (AvgIpc) is 3.11. The molecule has 2 N–H and O–H groups in total. The zero-order chi connectivity index (χ0) is 23.1. The van der Waals surface area contributed by atoms with Gasteiger partial charge in [0.2, 0.25) is 5.76 Å². The van der Waals surface area contributed by atoms with Gasteiger partial charge in [0.15, 0.2) is 12.0 Å². The summed E-state index contributed by atoms with van der Waals surface area (Å²) in [6.45, 7) is -0.263. The second-order valence-corrected chi connectivity index (χ2v) is 7.84. The number of fused-ring (bicyclic) bond motifs is 2. The number of anilines is 1. The summed E-state index contributed by atoms with van der Waals surface area (Å²) >= 11 is 5.98. The van der Waals surface area contributed by atoms with E-state index in [1.54, 1.807) is 60.7 Å². The number of rotatable bonds is 5. The minimum absolute atomic E-state index is 0.0329. The number of hydrogen-bond acceptors (Lipinski definition) is 6. The highest BCUT2D eigenvalue weighted by Crippen LogP contribution is 2.41. The number of aromatic nitrogens is 1. The van der Waals surface area contributed by atoms with Gasteiger partial charge in [0, 0.05) is 6.20 Å². The summed E-state index contributed by atoms with van der Waals surface area (Å²) in [6.07, 6.45) is 1.43. The number of hydrogen-bond donors (Lipinski definition) is 1. The largest absolute Gasteiger partial charge is 0.484 e. The number of carbonyl (C=O) groups is 2. The van der Waals surface area contributed by atoms with Crippen molar-refractivity contribution in [2.24, 2.45) is 5.73 Å². The summed E-state index contributed by atoms with van der Waals surface area (Å²) in [5, 5.41) is 0.789. The summed E-state index contributed by atoms with van der Waals surface area (Å²) in [4.78, 5) is 43.6. The molecule has 1 unspecified atom stereocenters. The van der Waals surface area contributed by atoms with Gasteiger partial charge in [-0.2, -0.15) is 0 Å². The molecule has 9 heteroatoms. The van der Waals surface area contributed by atoms with Crippen molar-refractivity contribution in [1.29, 1.82) is 0 Å². The molecule has 0 bridgehead atoms. The van der Waals surface area contributed by atoms with E-state index < -0.39 is 17.9 Å². The normalized spacial score (nSPS) is 15.0. The van der Waals surface area contributed by atoms with E-state index in [0.717, 1.165) is 0 Å². The van der Waals surface area contributed by atoms with Crippen LogP contribution >= 0.6 is 11.6 Å². The summed E-state index contributed by atoms with van der Waals surface area (Å²) in [5.74, 6) is -0.378. The van der Waals surface area contributed by atoms with Gasteiger partial charge in [-0.3, -0.25) is 19.3 Å². The van der Waals surface area contributed by atoms with E-state index in [2.05, 4.69) is 4.98 Å². The van der Waals surface area contributed by atoms with E-state index in [1.165, 1.54) is 11.1 Å². The van der Waals surface area contributed by atoms with Crippen LogP contribution in [0.25, 0.3) is 11.0 Å². The maximum Gasteiger partial charge on any atom is 0.296 e. The molecule has 0 saturated heterocycles. The Kier molecular flexibility index (Phi) is 5.07. The number of para-hydroxylation sites is 1. The Morgan fingerprint density at radius 2 is 1.85 bits per heavy atom. The number of primary amides is 1. The predicted molar refractivity (Wildman–Crippen MR) is 122 cm³/mol. The van der Waals surface area contributed by atoms with Gasteiger partial charge in [0.1, 0.15) is 17.2 Å². The number of ether oxygens (including phenoxy) is 1. The lowest BCUT2D eigenvalue weighted by Gasteiger charge is -2.24. The first-order chi connectivity index (χ1) is 15.9. The van der Waals surface area contributed by atoms with Crippen LogP contribution in [0.5, 0.6) is 5.75 Å². The van der Waals surface area contributed by atoms with E-state index in [4.69, 9.17) is 26.5 Å². The molecule has 0 radical (unpaired) electrons. The van der Waals surface area contributed by atoms with Gasteiger partial charge in [0.25, 0.3) is 11.8 Å². The van der Waals surface area contributed by atoms with Crippen LogP contribution in [0.4, 0.5) is 5.82 Å². The second-order valence-electron chi connectivity index (χ2n) is 7.41. The van der Waals surface area contributed by atoms with E-state index >= 15 is 0 Å². The molecule has 4 aromatic rings. The van der Waals surface area contributed by atoms with Crippen molar-refractivity contribution in [3.05, 3.63) is 99.0 Å². The quantitative estimate of drug-likeness (QED) is 0.486. The van der Waals surface area contributed by atoms with Gasteiger partial charge < -0.3 is 14.9 Å². The van der Waals surface area contributed by atoms with Crippen LogP contribution in [0.2, 0.25) is 5.02 Å². The van der Waals surface area contributed by atoms with Gasteiger partial charge in [-0.05, 0) is 42.0 Å². The fourth-order valence-electron chi connectivity index (χ4n) is 3.88. The Balaban J connectivity index is 1.68. The lowest BCUT2D eigenvalue weighted by molar-refractivity contribution is -0.119. The lowest BCUT2D eigenvalue weighted by atomic mass is 9.98. The van der Waals surface area contributed by atoms with Crippen LogP contribution in [0, 0.1) is 0 Å². The number of benzene rings is 2. The first kappa shape index (κ1) is 20.7. The van der Waals surface area contributed by atoms with Gasteiger partial charge in [-0.25, -0.2) is 4.98 Å². The Morgan fingerprint density at radius 3 is 2.55 bits per heavy atom. The third-order valence-corrected chi connectivity index (χ3v) is 5.54. The Labute approximate surface area is 192 Å². The number of pyridine rings is 1. The van der Waals surface area contributed by atoms with E-state index in [0.29, 0.717) is 33.1 Å². The summed E-state index contributed by atoms with van der Waals surface area (Å²) in [5.41, 5.74) is 6.01. The number of nitrogens with two attached hydrogens (primary N) is 1. The van der Waals surface area contributed by atoms with E-state index in [-0.39, 0.29) is 23.4 Å². The Bertz CT molecular complexity index is 1450. The Morgan fingerprint density at radius 1 is 1.09 bits per heavy atom. The zero-order valence-corrected chi connectivity index (χ0v) is 17.8. The number of amides is 2. The van der Waals surface area contributed by atoms with Crippen molar-refractivity contribution in [1.82, 2.24) is 4.98 Å².